The van der Waals surface area contributed by atoms with E-state index in [1.165, 1.54) is 0 Å². The fourth-order valence-corrected chi connectivity index (χ4v) is 1.71. The maximum absolute atomic E-state index is 11.8. The van der Waals surface area contributed by atoms with Crippen LogP contribution >= 0.6 is 0 Å². The summed E-state index contributed by atoms with van der Waals surface area (Å²) in [7, 11) is 1.82. The molecule has 0 aliphatic heterocycles. The van der Waals surface area contributed by atoms with Crippen molar-refractivity contribution in [1.29, 1.82) is 0 Å². The molecule has 100 valence electrons. The second kappa shape index (κ2) is 8.09. The number of amides is 2. The van der Waals surface area contributed by atoms with Gasteiger partial charge in [0, 0.05) is 39.5 Å². The van der Waals surface area contributed by atoms with Crippen LogP contribution in [0.1, 0.15) is 47.0 Å². The van der Waals surface area contributed by atoms with E-state index >= 15 is 0 Å². The Bertz CT molecular complexity index is 252. The Morgan fingerprint density at radius 2 is 1.76 bits per heavy atom. The lowest BCUT2D eigenvalue weighted by Crippen LogP contribution is -2.38. The number of unbranched alkanes of at least 4 members (excludes halogenated alkanes) is 1. The maximum atomic E-state index is 11.8. The monoisotopic (exact) mass is 242 g/mol. The summed E-state index contributed by atoms with van der Waals surface area (Å²) < 4.78 is 0. The highest BCUT2D eigenvalue weighted by molar-refractivity contribution is 5.78. The number of nitrogens with zero attached hydrogens (tertiary/aromatic N) is 2. The van der Waals surface area contributed by atoms with Crippen molar-refractivity contribution in [3.05, 3.63) is 0 Å². The van der Waals surface area contributed by atoms with Crippen LogP contribution in [0.2, 0.25) is 0 Å². The third kappa shape index (κ3) is 6.29. The molecule has 0 heterocycles. The molecule has 4 heteroatoms. The van der Waals surface area contributed by atoms with Gasteiger partial charge in [-0.15, -0.1) is 0 Å². The van der Waals surface area contributed by atoms with Crippen LogP contribution in [0.3, 0.4) is 0 Å². The molecule has 0 radical (unpaired) electrons. The van der Waals surface area contributed by atoms with Gasteiger partial charge in [-0.1, -0.05) is 13.3 Å². The molecule has 0 saturated heterocycles. The van der Waals surface area contributed by atoms with Gasteiger partial charge in [-0.05, 0) is 20.3 Å². The fraction of sp³-hybridized carbons (Fsp3) is 0.846. The van der Waals surface area contributed by atoms with Crippen molar-refractivity contribution in [1.82, 2.24) is 9.80 Å². The normalized spacial score (nSPS) is 10.5. The van der Waals surface area contributed by atoms with Crippen LogP contribution in [0.4, 0.5) is 0 Å². The quantitative estimate of drug-likeness (QED) is 0.684. The summed E-state index contributed by atoms with van der Waals surface area (Å²) in [5.41, 5.74) is 0. The molecule has 0 spiro atoms. The first-order valence-corrected chi connectivity index (χ1v) is 6.41. The van der Waals surface area contributed by atoms with E-state index in [-0.39, 0.29) is 17.9 Å². The second-order valence-electron chi connectivity index (χ2n) is 4.73. The highest BCUT2D eigenvalue weighted by atomic mass is 16.2. The Balaban J connectivity index is 4.08. The summed E-state index contributed by atoms with van der Waals surface area (Å²) in [5.74, 6) is 0.148. The average Bonchev–Trinajstić information content (AvgIpc) is 2.24. The van der Waals surface area contributed by atoms with E-state index in [1.54, 1.807) is 16.7 Å². The van der Waals surface area contributed by atoms with Crippen LogP contribution in [-0.4, -0.2) is 47.8 Å². The van der Waals surface area contributed by atoms with E-state index in [0.717, 1.165) is 19.4 Å². The van der Waals surface area contributed by atoms with Gasteiger partial charge < -0.3 is 9.80 Å². The molecule has 0 rings (SSSR count). The zero-order chi connectivity index (χ0) is 13.4. The molecular formula is C13H26N2O2. The lowest BCUT2D eigenvalue weighted by molar-refractivity contribution is -0.133. The molecular weight excluding hydrogens is 216 g/mol. The number of hydrogen-bond acceptors (Lipinski definition) is 2. The van der Waals surface area contributed by atoms with Crippen molar-refractivity contribution in [2.24, 2.45) is 0 Å². The van der Waals surface area contributed by atoms with Crippen molar-refractivity contribution < 1.29 is 9.59 Å². The van der Waals surface area contributed by atoms with Crippen molar-refractivity contribution in [3.63, 3.8) is 0 Å². The summed E-state index contributed by atoms with van der Waals surface area (Å²) >= 11 is 0. The Morgan fingerprint density at radius 3 is 2.18 bits per heavy atom. The van der Waals surface area contributed by atoms with Gasteiger partial charge in [0.2, 0.25) is 11.8 Å². The predicted octanol–water partition coefficient (Wildman–Crippen LogP) is 1.89. The Labute approximate surface area is 105 Å². The molecule has 4 nitrogen and oxygen atoms in total. The predicted molar refractivity (Wildman–Crippen MR) is 69.7 cm³/mol. The Kier molecular flexibility index (Phi) is 7.59. The van der Waals surface area contributed by atoms with Gasteiger partial charge in [-0.25, -0.2) is 0 Å². The van der Waals surface area contributed by atoms with Crippen molar-refractivity contribution >= 4 is 11.8 Å². The smallest absolute Gasteiger partial charge is 0.224 e. The molecule has 0 unspecified atom stereocenters. The van der Waals surface area contributed by atoms with E-state index in [9.17, 15) is 9.59 Å². The largest absolute Gasteiger partial charge is 0.346 e. The highest BCUT2D eigenvalue weighted by Crippen LogP contribution is 2.02. The van der Waals surface area contributed by atoms with Crippen LogP contribution in [-0.2, 0) is 9.59 Å². The van der Waals surface area contributed by atoms with E-state index in [2.05, 4.69) is 6.92 Å². The SMILES string of the molecule is CCCCN(C)C(=O)CCN(C(C)=O)C(C)C. The number of carbonyl (C=O) groups is 2. The first-order valence-electron chi connectivity index (χ1n) is 6.41. The summed E-state index contributed by atoms with van der Waals surface area (Å²) in [6.45, 7) is 8.90. The minimum Gasteiger partial charge on any atom is -0.346 e. The average molecular weight is 242 g/mol. The minimum atomic E-state index is 0.0315. The van der Waals surface area contributed by atoms with Crippen molar-refractivity contribution in [3.8, 4) is 0 Å². The first-order chi connectivity index (χ1) is 7.90. The topological polar surface area (TPSA) is 40.6 Å². The standard InChI is InChI=1S/C13H26N2O2/c1-6-7-9-14(5)13(17)8-10-15(11(2)3)12(4)16/h11H,6-10H2,1-5H3. The molecule has 0 aromatic rings. The first kappa shape index (κ1) is 15.9. The van der Waals surface area contributed by atoms with Gasteiger partial charge in [0.1, 0.15) is 0 Å². The van der Waals surface area contributed by atoms with Gasteiger partial charge in [-0.2, -0.15) is 0 Å². The van der Waals surface area contributed by atoms with E-state index in [1.807, 2.05) is 20.9 Å². The zero-order valence-electron chi connectivity index (χ0n) is 11.8. The highest BCUT2D eigenvalue weighted by Gasteiger charge is 2.15. The fourth-order valence-electron chi connectivity index (χ4n) is 1.71. The van der Waals surface area contributed by atoms with E-state index < -0.39 is 0 Å². The zero-order valence-corrected chi connectivity index (χ0v) is 11.8. The number of rotatable bonds is 7. The van der Waals surface area contributed by atoms with Gasteiger partial charge >= 0.3 is 0 Å². The Hall–Kier alpha value is -1.06. The molecule has 0 aromatic heterocycles. The van der Waals surface area contributed by atoms with E-state index in [0.29, 0.717) is 13.0 Å². The van der Waals surface area contributed by atoms with Crippen LogP contribution in [0.25, 0.3) is 0 Å². The lowest BCUT2D eigenvalue weighted by Gasteiger charge is -2.26. The van der Waals surface area contributed by atoms with Crippen LogP contribution < -0.4 is 0 Å². The van der Waals surface area contributed by atoms with Crippen LogP contribution in [0, 0.1) is 0 Å². The number of hydrogen-bond donors (Lipinski definition) is 0. The second-order valence-corrected chi connectivity index (χ2v) is 4.73. The maximum Gasteiger partial charge on any atom is 0.224 e. The summed E-state index contributed by atoms with van der Waals surface area (Å²) in [6.07, 6.45) is 2.53. The molecule has 17 heavy (non-hydrogen) atoms. The molecule has 2 amide bonds. The van der Waals surface area contributed by atoms with Crippen LogP contribution in [0.15, 0.2) is 0 Å². The van der Waals surface area contributed by atoms with Gasteiger partial charge in [0.25, 0.3) is 0 Å². The molecule has 0 fully saturated rings. The Morgan fingerprint density at radius 1 is 1.18 bits per heavy atom. The third-order valence-corrected chi connectivity index (χ3v) is 2.87. The summed E-state index contributed by atoms with van der Waals surface area (Å²) in [6, 6.07) is 0.154. The molecule has 0 aliphatic carbocycles. The molecule has 0 N–H and O–H groups in total. The molecule has 0 bridgehead atoms. The minimum absolute atomic E-state index is 0.0315. The van der Waals surface area contributed by atoms with Gasteiger partial charge in [0.15, 0.2) is 0 Å². The molecule has 0 atom stereocenters. The molecule has 0 aliphatic rings. The van der Waals surface area contributed by atoms with Gasteiger partial charge in [-0.3, -0.25) is 9.59 Å². The molecule has 0 aromatic carbocycles. The molecule has 0 saturated carbocycles. The van der Waals surface area contributed by atoms with E-state index in [4.69, 9.17) is 0 Å². The summed E-state index contributed by atoms with van der Waals surface area (Å²) in [5, 5.41) is 0. The number of carbonyl (C=O) groups excluding carboxylic acids is 2. The third-order valence-electron chi connectivity index (χ3n) is 2.87. The summed E-state index contributed by atoms with van der Waals surface area (Å²) in [4.78, 5) is 26.6. The van der Waals surface area contributed by atoms with Crippen molar-refractivity contribution in [2.75, 3.05) is 20.1 Å². The lowest BCUT2D eigenvalue weighted by atomic mass is 10.2. The van der Waals surface area contributed by atoms with Gasteiger partial charge in [0.05, 0.1) is 0 Å². The van der Waals surface area contributed by atoms with Crippen LogP contribution in [0.5, 0.6) is 0 Å². The van der Waals surface area contributed by atoms with Crippen molar-refractivity contribution in [2.45, 2.75) is 53.0 Å².